The Labute approximate surface area is 92.8 Å². The van der Waals surface area contributed by atoms with Gasteiger partial charge >= 0.3 is 0 Å². The van der Waals surface area contributed by atoms with Crippen molar-refractivity contribution >= 4 is 17.3 Å². The Morgan fingerprint density at radius 3 is 2.81 bits per heavy atom. The average Bonchev–Trinajstić information content (AvgIpc) is 2.24. The van der Waals surface area contributed by atoms with Crippen LogP contribution in [0.25, 0.3) is 0 Å². The van der Waals surface area contributed by atoms with E-state index in [-0.39, 0.29) is 11.6 Å². The molecule has 0 spiro atoms. The minimum Gasteiger partial charge on any atom is -0.383 e. The maximum absolute atomic E-state index is 10.6. The second-order valence-corrected chi connectivity index (χ2v) is 3.22. The zero-order valence-corrected chi connectivity index (χ0v) is 8.90. The summed E-state index contributed by atoms with van der Waals surface area (Å²) in [5.41, 5.74) is 0.712. The van der Waals surface area contributed by atoms with Crippen LogP contribution < -0.4 is 10.6 Å². The van der Waals surface area contributed by atoms with E-state index in [1.165, 1.54) is 19.1 Å². The quantitative estimate of drug-likeness (QED) is 0.445. The first-order chi connectivity index (χ1) is 7.59. The van der Waals surface area contributed by atoms with Crippen molar-refractivity contribution in [2.45, 2.75) is 6.92 Å². The van der Waals surface area contributed by atoms with Gasteiger partial charge in [0.05, 0.1) is 4.92 Å². The summed E-state index contributed by atoms with van der Waals surface area (Å²) in [7, 11) is 0. The van der Waals surface area contributed by atoms with Gasteiger partial charge in [-0.25, -0.2) is 0 Å². The van der Waals surface area contributed by atoms with E-state index < -0.39 is 4.92 Å². The summed E-state index contributed by atoms with van der Waals surface area (Å²) in [6.45, 7) is 2.45. The summed E-state index contributed by atoms with van der Waals surface area (Å²) in [6.07, 6.45) is 0. The number of rotatable bonds is 5. The van der Waals surface area contributed by atoms with Crippen molar-refractivity contribution in [2.75, 3.05) is 18.4 Å². The number of nitro benzene ring substituents is 1. The molecule has 1 aromatic carbocycles. The molecule has 0 saturated carbocycles. The van der Waals surface area contributed by atoms with Gasteiger partial charge in [-0.3, -0.25) is 14.9 Å². The van der Waals surface area contributed by atoms with Crippen LogP contribution in [0.5, 0.6) is 0 Å². The van der Waals surface area contributed by atoms with E-state index in [2.05, 4.69) is 10.6 Å². The Morgan fingerprint density at radius 1 is 1.44 bits per heavy atom. The van der Waals surface area contributed by atoms with Crippen LogP contribution in [0.3, 0.4) is 0 Å². The van der Waals surface area contributed by atoms with Gasteiger partial charge in [0.2, 0.25) is 5.91 Å². The topological polar surface area (TPSA) is 84.3 Å². The van der Waals surface area contributed by atoms with E-state index in [1.54, 1.807) is 12.1 Å². The molecule has 1 amide bonds. The van der Waals surface area contributed by atoms with Crippen molar-refractivity contribution < 1.29 is 9.72 Å². The van der Waals surface area contributed by atoms with E-state index >= 15 is 0 Å². The number of benzene rings is 1. The van der Waals surface area contributed by atoms with Gasteiger partial charge in [-0.15, -0.1) is 0 Å². The number of hydrogen-bond acceptors (Lipinski definition) is 4. The minimum absolute atomic E-state index is 0.0459. The fraction of sp³-hybridized carbons (Fsp3) is 0.300. The van der Waals surface area contributed by atoms with Crippen LogP contribution in [0.4, 0.5) is 11.4 Å². The number of anilines is 1. The lowest BCUT2D eigenvalue weighted by Crippen LogP contribution is -2.26. The zero-order valence-electron chi connectivity index (χ0n) is 8.90. The molecule has 0 radical (unpaired) electrons. The van der Waals surface area contributed by atoms with Crippen LogP contribution in [0.2, 0.25) is 0 Å². The molecule has 6 nitrogen and oxygen atoms in total. The van der Waals surface area contributed by atoms with E-state index in [4.69, 9.17) is 0 Å². The molecule has 2 N–H and O–H groups in total. The summed E-state index contributed by atoms with van der Waals surface area (Å²) >= 11 is 0. The number of nitrogens with one attached hydrogen (secondary N) is 2. The molecular formula is C10H13N3O3. The second kappa shape index (κ2) is 5.69. The molecule has 1 aromatic rings. The van der Waals surface area contributed by atoms with Crippen molar-refractivity contribution in [2.24, 2.45) is 0 Å². The minimum atomic E-state index is -0.445. The van der Waals surface area contributed by atoms with E-state index in [1.807, 2.05) is 0 Å². The van der Waals surface area contributed by atoms with Crippen LogP contribution in [0, 0.1) is 10.1 Å². The van der Waals surface area contributed by atoms with Crippen LogP contribution in [0.1, 0.15) is 6.92 Å². The Hall–Kier alpha value is -2.11. The van der Waals surface area contributed by atoms with Gasteiger partial charge in [0.1, 0.15) is 0 Å². The Bertz CT molecular complexity index is 393. The van der Waals surface area contributed by atoms with Crippen molar-refractivity contribution in [3.05, 3.63) is 34.4 Å². The number of nitro groups is 1. The third-order valence-electron chi connectivity index (χ3n) is 1.89. The molecule has 0 aromatic heterocycles. The predicted molar refractivity (Wildman–Crippen MR) is 60.3 cm³/mol. The molecule has 6 heteroatoms. The van der Waals surface area contributed by atoms with Gasteiger partial charge in [0.25, 0.3) is 5.69 Å². The maximum Gasteiger partial charge on any atom is 0.271 e. The second-order valence-electron chi connectivity index (χ2n) is 3.22. The summed E-state index contributed by atoms with van der Waals surface area (Å²) in [4.78, 5) is 20.6. The summed E-state index contributed by atoms with van der Waals surface area (Å²) < 4.78 is 0. The molecule has 0 aliphatic carbocycles. The number of carbonyl (C=O) groups is 1. The highest BCUT2D eigenvalue weighted by molar-refractivity contribution is 5.72. The SMILES string of the molecule is CC(=O)NCCNc1cccc([N+](=O)[O-])c1. The van der Waals surface area contributed by atoms with Gasteiger partial charge in [-0.1, -0.05) is 6.07 Å². The fourth-order valence-electron chi connectivity index (χ4n) is 1.17. The van der Waals surface area contributed by atoms with E-state index in [0.29, 0.717) is 18.8 Å². The summed E-state index contributed by atoms with van der Waals surface area (Å²) in [5.74, 6) is -0.0964. The van der Waals surface area contributed by atoms with Crippen LogP contribution in [-0.2, 0) is 4.79 Å². The lowest BCUT2D eigenvalue weighted by Gasteiger charge is -2.06. The third kappa shape index (κ3) is 3.95. The van der Waals surface area contributed by atoms with Gasteiger partial charge in [0, 0.05) is 37.8 Å². The molecular weight excluding hydrogens is 210 g/mol. The normalized spacial score (nSPS) is 9.56. The number of nitrogens with zero attached hydrogens (tertiary/aromatic N) is 1. The molecule has 0 bridgehead atoms. The van der Waals surface area contributed by atoms with Gasteiger partial charge in [0.15, 0.2) is 0 Å². The molecule has 0 aliphatic rings. The summed E-state index contributed by atoms with van der Waals surface area (Å²) in [6, 6.07) is 6.23. The summed E-state index contributed by atoms with van der Waals surface area (Å²) in [5, 5.41) is 16.1. The van der Waals surface area contributed by atoms with Crippen LogP contribution in [-0.4, -0.2) is 23.9 Å². The molecule has 86 valence electrons. The molecule has 0 atom stereocenters. The smallest absolute Gasteiger partial charge is 0.271 e. The molecule has 0 saturated heterocycles. The number of amides is 1. The first kappa shape index (κ1) is 12.0. The molecule has 16 heavy (non-hydrogen) atoms. The largest absolute Gasteiger partial charge is 0.383 e. The van der Waals surface area contributed by atoms with Gasteiger partial charge in [-0.05, 0) is 6.07 Å². The molecule has 0 fully saturated rings. The van der Waals surface area contributed by atoms with E-state index in [9.17, 15) is 14.9 Å². The Kier molecular flexibility index (Phi) is 4.26. The Balaban J connectivity index is 2.45. The fourth-order valence-corrected chi connectivity index (χ4v) is 1.17. The first-order valence-corrected chi connectivity index (χ1v) is 4.82. The standard InChI is InChI=1S/C10H13N3O3/c1-8(14)11-5-6-12-9-3-2-4-10(7-9)13(15)16/h2-4,7,12H,5-6H2,1H3,(H,11,14). The van der Waals surface area contributed by atoms with Crippen molar-refractivity contribution in [3.63, 3.8) is 0 Å². The number of hydrogen-bond donors (Lipinski definition) is 2. The zero-order chi connectivity index (χ0) is 12.0. The van der Waals surface area contributed by atoms with E-state index in [0.717, 1.165) is 0 Å². The van der Waals surface area contributed by atoms with Gasteiger partial charge in [-0.2, -0.15) is 0 Å². The molecule has 0 unspecified atom stereocenters. The monoisotopic (exact) mass is 223 g/mol. The molecule has 1 rings (SSSR count). The van der Waals surface area contributed by atoms with Gasteiger partial charge < -0.3 is 10.6 Å². The van der Waals surface area contributed by atoms with Crippen LogP contribution >= 0.6 is 0 Å². The first-order valence-electron chi connectivity index (χ1n) is 4.82. The molecule has 0 aliphatic heterocycles. The highest BCUT2D eigenvalue weighted by Gasteiger charge is 2.04. The Morgan fingerprint density at radius 2 is 2.19 bits per heavy atom. The number of non-ortho nitro benzene ring substituents is 1. The highest BCUT2D eigenvalue weighted by Crippen LogP contribution is 2.16. The maximum atomic E-state index is 10.6. The number of carbonyl (C=O) groups excluding carboxylic acids is 1. The van der Waals surface area contributed by atoms with Crippen molar-refractivity contribution in [1.29, 1.82) is 0 Å². The molecule has 0 heterocycles. The third-order valence-corrected chi connectivity index (χ3v) is 1.89. The van der Waals surface area contributed by atoms with Crippen LogP contribution in [0.15, 0.2) is 24.3 Å². The van der Waals surface area contributed by atoms with Crippen molar-refractivity contribution in [1.82, 2.24) is 5.32 Å². The lowest BCUT2D eigenvalue weighted by molar-refractivity contribution is -0.384. The predicted octanol–water partition coefficient (Wildman–Crippen LogP) is 1.14. The average molecular weight is 223 g/mol. The highest BCUT2D eigenvalue weighted by atomic mass is 16.6. The lowest BCUT2D eigenvalue weighted by atomic mass is 10.3. The van der Waals surface area contributed by atoms with Crippen molar-refractivity contribution in [3.8, 4) is 0 Å².